The zero-order valence-electron chi connectivity index (χ0n) is 22.4. The summed E-state index contributed by atoms with van der Waals surface area (Å²) >= 11 is 0. The molecule has 212 valence electrons. The van der Waals surface area contributed by atoms with Crippen LogP contribution in [-0.2, 0) is 9.05 Å². The molecule has 0 heterocycles. The Balaban J connectivity index is 0.000000424. The highest BCUT2D eigenvalue weighted by atomic mass is 31.2. The van der Waals surface area contributed by atoms with Crippen molar-refractivity contribution in [2.45, 2.75) is 26.1 Å². The van der Waals surface area contributed by atoms with Crippen molar-refractivity contribution in [2.75, 3.05) is 13.2 Å². The van der Waals surface area contributed by atoms with Crippen LogP contribution in [0.4, 0.5) is 0 Å². The van der Waals surface area contributed by atoms with Crippen LogP contribution in [0.3, 0.4) is 0 Å². The van der Waals surface area contributed by atoms with Gasteiger partial charge in [-0.2, -0.15) is 4.31 Å². The van der Waals surface area contributed by atoms with Gasteiger partial charge in [0.25, 0.3) is 0 Å². The van der Waals surface area contributed by atoms with Crippen molar-refractivity contribution in [2.24, 2.45) is 0 Å². The molecule has 2 N–H and O–H groups in total. The minimum absolute atomic E-state index is 0.00667. The molecule has 8 nitrogen and oxygen atoms in total. The highest BCUT2D eigenvalue weighted by molar-refractivity contribution is 7.56. The molecular formula is C30H34O8P2. The fourth-order valence-electron chi connectivity index (χ4n) is 2.78. The molecule has 0 bridgehead atoms. The molecule has 0 spiro atoms. The molecule has 4 aromatic rings. The maximum atomic E-state index is 8.69. The summed E-state index contributed by atoms with van der Waals surface area (Å²) in [6.45, 7) is 3.70. The van der Waals surface area contributed by atoms with Crippen molar-refractivity contribution in [1.29, 1.82) is 0 Å². The van der Waals surface area contributed by atoms with Crippen LogP contribution in [0.1, 0.15) is 13.8 Å². The van der Waals surface area contributed by atoms with Crippen molar-refractivity contribution in [3.63, 3.8) is 0 Å². The van der Waals surface area contributed by atoms with Crippen LogP contribution < -0.4 is 18.1 Å². The van der Waals surface area contributed by atoms with Gasteiger partial charge in [0.05, 0.1) is 25.4 Å². The molecule has 10 heteroatoms. The van der Waals surface area contributed by atoms with E-state index in [0.717, 1.165) is 0 Å². The standard InChI is InChI=1S/C24H20O5P2.C6H14O3/c1-5-13-21(14-6-1)25-30(26-22-15-7-2-8-16-22)29-31(27-23-17-9-3-10-18-23)28-24-19-11-4-12-20-24;1-5(8)4-9-6(2)3-7/h1-20H;5-8H,3-4H2,1-2H3. The van der Waals surface area contributed by atoms with Gasteiger partial charge in [0.15, 0.2) is 0 Å². The average molecular weight is 585 g/mol. The predicted molar refractivity (Wildman–Crippen MR) is 157 cm³/mol. The summed E-state index contributed by atoms with van der Waals surface area (Å²) < 4.78 is 35.1. The number of ether oxygens (including phenoxy) is 1. The molecule has 4 aromatic carbocycles. The summed E-state index contributed by atoms with van der Waals surface area (Å²) in [5, 5.41) is 17.1. The quantitative estimate of drug-likeness (QED) is 0.147. The third kappa shape index (κ3) is 12.8. The Kier molecular flexibility index (Phi) is 14.2. The van der Waals surface area contributed by atoms with Crippen molar-refractivity contribution in [3.05, 3.63) is 121 Å². The predicted octanol–water partition coefficient (Wildman–Crippen LogP) is 7.54. The van der Waals surface area contributed by atoms with Gasteiger partial charge >= 0.3 is 17.2 Å². The number of aliphatic hydroxyl groups excluding tert-OH is 2. The molecule has 2 atom stereocenters. The average Bonchev–Trinajstić information content (AvgIpc) is 2.98. The Labute approximate surface area is 238 Å². The maximum Gasteiger partial charge on any atom is 0.471 e. The van der Waals surface area contributed by atoms with Crippen LogP contribution in [-0.4, -0.2) is 35.6 Å². The van der Waals surface area contributed by atoms with Gasteiger partial charge in [0.1, 0.15) is 23.0 Å². The normalized spacial score (nSPS) is 12.2. The number of aliphatic hydroxyl groups is 2. The summed E-state index contributed by atoms with van der Waals surface area (Å²) in [6.07, 6.45) is -0.612. The van der Waals surface area contributed by atoms with E-state index in [1.807, 2.05) is 121 Å². The molecule has 0 aliphatic heterocycles. The number of rotatable bonds is 14. The van der Waals surface area contributed by atoms with Crippen LogP contribution in [0, 0.1) is 0 Å². The SMILES string of the molecule is CC(O)COC(C)CO.c1ccc(OP(Oc2ccccc2)OP(Oc2ccccc2)Oc2ccccc2)cc1. The van der Waals surface area contributed by atoms with E-state index in [1.165, 1.54) is 0 Å². The summed E-state index contributed by atoms with van der Waals surface area (Å²) in [7, 11) is -3.73. The van der Waals surface area contributed by atoms with Crippen LogP contribution in [0.25, 0.3) is 0 Å². The fraction of sp³-hybridized carbons (Fsp3) is 0.200. The van der Waals surface area contributed by atoms with E-state index in [1.54, 1.807) is 13.8 Å². The van der Waals surface area contributed by atoms with Gasteiger partial charge in [-0.15, -0.1) is 0 Å². The van der Waals surface area contributed by atoms with E-state index < -0.39 is 23.3 Å². The summed E-state index contributed by atoms with van der Waals surface area (Å²) in [6, 6.07) is 37.4. The molecule has 0 aliphatic rings. The lowest BCUT2D eigenvalue weighted by molar-refractivity contribution is -0.0177. The van der Waals surface area contributed by atoms with Gasteiger partial charge in [0.2, 0.25) is 0 Å². The molecule has 2 unspecified atom stereocenters. The van der Waals surface area contributed by atoms with Crippen LogP contribution in [0.15, 0.2) is 121 Å². The molecule has 40 heavy (non-hydrogen) atoms. The zero-order valence-corrected chi connectivity index (χ0v) is 24.1. The lowest BCUT2D eigenvalue weighted by Crippen LogP contribution is -2.19. The van der Waals surface area contributed by atoms with Gasteiger partial charge in [-0.1, -0.05) is 72.8 Å². The van der Waals surface area contributed by atoms with Crippen molar-refractivity contribution >= 4 is 17.2 Å². The molecule has 0 aliphatic carbocycles. The van der Waals surface area contributed by atoms with E-state index in [9.17, 15) is 0 Å². The third-order valence-corrected chi connectivity index (χ3v) is 7.21. The van der Waals surface area contributed by atoms with Crippen LogP contribution in [0.5, 0.6) is 23.0 Å². The Morgan fingerprint density at radius 3 is 1.10 bits per heavy atom. The molecule has 0 radical (unpaired) electrons. The Morgan fingerprint density at radius 1 is 0.550 bits per heavy atom. The van der Waals surface area contributed by atoms with Crippen molar-refractivity contribution in [1.82, 2.24) is 0 Å². The minimum atomic E-state index is -1.87. The number of hydrogen-bond acceptors (Lipinski definition) is 8. The molecule has 0 fully saturated rings. The number of benzene rings is 4. The maximum absolute atomic E-state index is 8.69. The van der Waals surface area contributed by atoms with Gasteiger partial charge in [-0.3, -0.25) is 0 Å². The van der Waals surface area contributed by atoms with Gasteiger partial charge in [0, 0.05) is 0 Å². The number of para-hydroxylation sites is 4. The molecule has 0 aromatic heterocycles. The van der Waals surface area contributed by atoms with Crippen molar-refractivity contribution in [3.8, 4) is 23.0 Å². The fourth-order valence-corrected chi connectivity index (χ4v) is 5.00. The van der Waals surface area contributed by atoms with E-state index in [0.29, 0.717) is 29.6 Å². The second-order valence-electron chi connectivity index (χ2n) is 8.32. The lowest BCUT2D eigenvalue weighted by atomic mass is 10.3. The largest absolute Gasteiger partial charge is 0.471 e. The lowest BCUT2D eigenvalue weighted by Gasteiger charge is -2.22. The Morgan fingerprint density at radius 2 is 0.850 bits per heavy atom. The first-order chi connectivity index (χ1) is 19.5. The Hall–Kier alpha value is -3.22. The first-order valence-corrected chi connectivity index (χ1v) is 14.8. The first-order valence-electron chi connectivity index (χ1n) is 12.6. The number of hydrogen-bond donors (Lipinski definition) is 2. The second kappa shape index (κ2) is 18.2. The van der Waals surface area contributed by atoms with E-state index >= 15 is 0 Å². The van der Waals surface area contributed by atoms with Gasteiger partial charge in [-0.05, 0) is 62.4 Å². The first kappa shape index (κ1) is 31.3. The Bertz CT molecular complexity index is 1000. The molecule has 0 amide bonds. The van der Waals surface area contributed by atoms with Crippen LogP contribution >= 0.6 is 17.2 Å². The zero-order chi connectivity index (χ0) is 28.4. The topological polar surface area (TPSA) is 95.8 Å². The molecule has 4 rings (SSSR count). The highest BCUT2D eigenvalue weighted by Gasteiger charge is 2.29. The molecular weight excluding hydrogens is 550 g/mol. The summed E-state index contributed by atoms with van der Waals surface area (Å²) in [5.74, 6) is 2.50. The molecule has 0 saturated carbocycles. The van der Waals surface area contributed by atoms with Crippen molar-refractivity contribution < 1.29 is 37.4 Å². The molecule has 0 saturated heterocycles. The van der Waals surface area contributed by atoms with Gasteiger partial charge in [-0.25, -0.2) is 0 Å². The van der Waals surface area contributed by atoms with Crippen LogP contribution in [0.2, 0.25) is 0 Å². The second-order valence-corrected chi connectivity index (χ2v) is 10.6. The van der Waals surface area contributed by atoms with E-state index in [-0.39, 0.29) is 12.7 Å². The highest BCUT2D eigenvalue weighted by Crippen LogP contribution is 2.55. The van der Waals surface area contributed by atoms with Gasteiger partial charge < -0.3 is 33.0 Å². The van der Waals surface area contributed by atoms with E-state index in [2.05, 4.69) is 0 Å². The smallest absolute Gasteiger partial charge is 0.417 e. The monoisotopic (exact) mass is 584 g/mol. The van der Waals surface area contributed by atoms with E-state index in [4.69, 9.17) is 37.4 Å². The minimum Gasteiger partial charge on any atom is -0.417 e. The summed E-state index contributed by atoms with van der Waals surface area (Å²) in [4.78, 5) is 0. The third-order valence-electron chi connectivity index (χ3n) is 4.70. The summed E-state index contributed by atoms with van der Waals surface area (Å²) in [5.41, 5.74) is 0.